The number of aryl methyl sites for hydroxylation is 1. The van der Waals surface area contributed by atoms with Gasteiger partial charge in [-0.05, 0) is 71.1 Å². The fraction of sp³-hybridized carbons (Fsp3) is 0.564. The molecule has 50 heavy (non-hydrogen) atoms. The van der Waals surface area contributed by atoms with E-state index in [-0.39, 0.29) is 13.0 Å². The average molecular weight is 695 g/mol. The Hall–Kier alpha value is -4.41. The molecule has 3 atom stereocenters. The van der Waals surface area contributed by atoms with Crippen molar-refractivity contribution in [2.45, 2.75) is 136 Å². The van der Waals surface area contributed by atoms with E-state index in [2.05, 4.69) is 17.6 Å². The normalized spacial score (nSPS) is 13.4. The second-order valence-electron chi connectivity index (χ2n) is 14.6. The number of amides is 4. The number of nitrogens with zero attached hydrogens (tertiary/aromatic N) is 1. The molecule has 0 aliphatic carbocycles. The number of primary amides is 1. The van der Waals surface area contributed by atoms with Crippen LogP contribution in [0.5, 0.6) is 0 Å². The number of ether oxygens (including phenoxy) is 2. The zero-order chi connectivity index (χ0) is 37.5. The van der Waals surface area contributed by atoms with Crippen molar-refractivity contribution in [2.75, 3.05) is 6.54 Å². The zero-order valence-electron chi connectivity index (χ0n) is 31.2. The van der Waals surface area contributed by atoms with Crippen LogP contribution in [0.3, 0.4) is 0 Å². The monoisotopic (exact) mass is 694 g/mol. The molecule has 4 N–H and O–H groups in total. The van der Waals surface area contributed by atoms with Crippen LogP contribution in [0.4, 0.5) is 4.79 Å². The smallest absolute Gasteiger partial charge is 0.408 e. The summed E-state index contributed by atoms with van der Waals surface area (Å²) < 4.78 is 11.1. The quantitative estimate of drug-likeness (QED) is 0.129. The van der Waals surface area contributed by atoms with Crippen molar-refractivity contribution in [3.63, 3.8) is 0 Å². The lowest BCUT2D eigenvalue weighted by molar-refractivity contribution is -0.159. The van der Waals surface area contributed by atoms with Gasteiger partial charge in [-0.15, -0.1) is 0 Å². The molecule has 0 heterocycles. The number of carbonyl (C=O) groups excluding carboxylic acids is 5. The van der Waals surface area contributed by atoms with Crippen LogP contribution in [0.2, 0.25) is 0 Å². The lowest BCUT2D eigenvalue weighted by atomic mass is 9.98. The van der Waals surface area contributed by atoms with Crippen molar-refractivity contribution >= 4 is 29.8 Å². The molecule has 276 valence electrons. The Morgan fingerprint density at radius 3 is 1.88 bits per heavy atom. The van der Waals surface area contributed by atoms with E-state index in [4.69, 9.17) is 15.2 Å². The first-order valence-electron chi connectivity index (χ1n) is 17.7. The molecule has 4 amide bonds. The van der Waals surface area contributed by atoms with Gasteiger partial charge in [-0.1, -0.05) is 94.1 Å². The van der Waals surface area contributed by atoms with E-state index < -0.39 is 65.5 Å². The van der Waals surface area contributed by atoms with Gasteiger partial charge in [0.15, 0.2) is 0 Å². The maximum atomic E-state index is 14.6. The standard InChI is InChI=1S/C39H58N4O7/c1-9-11-12-13-17-24-43(35(46)30(26-32(40)44)42-37(48)50-39(6,7)8)33(29-22-20-27(10-2)21-23-29)34(45)41-31(36(47)49-38(3,4)5)25-28-18-15-14-16-19-28/h14-16,18-23,30-31,33H,9-13,17,24-26H2,1-8H3,(H2,40,44)(H,41,45)(H,42,48). The third-order valence-electron chi connectivity index (χ3n) is 7.73. The molecule has 0 radical (unpaired) electrons. The second-order valence-corrected chi connectivity index (χ2v) is 14.6. The summed E-state index contributed by atoms with van der Waals surface area (Å²) in [5.41, 5.74) is 6.20. The predicted molar refractivity (Wildman–Crippen MR) is 194 cm³/mol. The lowest BCUT2D eigenvalue weighted by Crippen LogP contribution is -2.55. The van der Waals surface area contributed by atoms with E-state index in [1.165, 1.54) is 4.90 Å². The molecule has 0 fully saturated rings. The first-order chi connectivity index (χ1) is 23.4. The number of esters is 1. The van der Waals surface area contributed by atoms with Crippen LogP contribution in [-0.4, -0.2) is 64.5 Å². The Labute approximate surface area is 298 Å². The highest BCUT2D eigenvalue weighted by atomic mass is 16.6. The molecular weight excluding hydrogens is 636 g/mol. The minimum Gasteiger partial charge on any atom is -0.458 e. The molecule has 3 unspecified atom stereocenters. The highest BCUT2D eigenvalue weighted by molar-refractivity contribution is 5.95. The molecule has 0 saturated carbocycles. The fourth-order valence-corrected chi connectivity index (χ4v) is 5.38. The van der Waals surface area contributed by atoms with E-state index in [9.17, 15) is 24.0 Å². The first-order valence-corrected chi connectivity index (χ1v) is 17.7. The van der Waals surface area contributed by atoms with Gasteiger partial charge in [-0.3, -0.25) is 14.4 Å². The van der Waals surface area contributed by atoms with Crippen LogP contribution in [0.1, 0.15) is 117 Å². The van der Waals surface area contributed by atoms with Crippen LogP contribution in [0.15, 0.2) is 54.6 Å². The van der Waals surface area contributed by atoms with Crippen LogP contribution >= 0.6 is 0 Å². The van der Waals surface area contributed by atoms with Gasteiger partial charge < -0.3 is 30.7 Å². The van der Waals surface area contributed by atoms with Gasteiger partial charge >= 0.3 is 12.1 Å². The summed E-state index contributed by atoms with van der Waals surface area (Å²) in [4.78, 5) is 69.1. The SMILES string of the molecule is CCCCCCCN(C(=O)C(CC(N)=O)NC(=O)OC(C)(C)C)C(C(=O)NC(Cc1ccccc1)C(=O)OC(C)(C)C)c1ccc(CC)cc1. The van der Waals surface area contributed by atoms with Gasteiger partial charge in [-0.2, -0.15) is 0 Å². The van der Waals surface area contributed by atoms with Crippen molar-refractivity contribution in [1.82, 2.24) is 15.5 Å². The molecule has 11 nitrogen and oxygen atoms in total. The number of unbranched alkanes of at least 4 members (excludes halogenated alkanes) is 4. The van der Waals surface area contributed by atoms with Crippen molar-refractivity contribution in [3.05, 3.63) is 71.3 Å². The molecule has 0 aromatic heterocycles. The van der Waals surface area contributed by atoms with Crippen LogP contribution < -0.4 is 16.4 Å². The summed E-state index contributed by atoms with van der Waals surface area (Å²) in [6.07, 6.45) is 3.80. The van der Waals surface area contributed by atoms with Crippen molar-refractivity contribution in [2.24, 2.45) is 5.73 Å². The molecule has 0 bridgehead atoms. The lowest BCUT2D eigenvalue weighted by Gasteiger charge is -2.35. The second kappa shape index (κ2) is 19.7. The zero-order valence-corrected chi connectivity index (χ0v) is 31.2. The first kappa shape index (κ1) is 41.8. The minimum absolute atomic E-state index is 0.136. The summed E-state index contributed by atoms with van der Waals surface area (Å²) in [5.74, 6) is -2.73. The largest absolute Gasteiger partial charge is 0.458 e. The molecule has 2 aromatic rings. The minimum atomic E-state index is -1.41. The number of rotatable bonds is 18. The molecule has 2 rings (SSSR count). The topological polar surface area (TPSA) is 157 Å². The number of alkyl carbamates (subject to hydrolysis) is 1. The highest BCUT2D eigenvalue weighted by Gasteiger charge is 2.38. The number of hydrogen-bond acceptors (Lipinski definition) is 7. The third-order valence-corrected chi connectivity index (χ3v) is 7.73. The van der Waals surface area contributed by atoms with Crippen molar-refractivity contribution < 1.29 is 33.4 Å². The van der Waals surface area contributed by atoms with Gasteiger partial charge in [-0.25, -0.2) is 9.59 Å². The van der Waals surface area contributed by atoms with E-state index in [1.54, 1.807) is 53.7 Å². The molecule has 2 aromatic carbocycles. The van der Waals surface area contributed by atoms with E-state index in [0.29, 0.717) is 12.0 Å². The van der Waals surface area contributed by atoms with Gasteiger partial charge in [0, 0.05) is 13.0 Å². The summed E-state index contributed by atoms with van der Waals surface area (Å²) >= 11 is 0. The fourth-order valence-electron chi connectivity index (χ4n) is 5.38. The molecule has 0 aliphatic rings. The Morgan fingerprint density at radius 2 is 1.34 bits per heavy atom. The number of hydrogen-bond donors (Lipinski definition) is 3. The third kappa shape index (κ3) is 15.0. The molecule has 0 saturated heterocycles. The van der Waals surface area contributed by atoms with Crippen LogP contribution in [0, 0.1) is 0 Å². The van der Waals surface area contributed by atoms with Crippen molar-refractivity contribution in [3.8, 4) is 0 Å². The van der Waals surface area contributed by atoms with E-state index >= 15 is 0 Å². The predicted octanol–water partition coefficient (Wildman–Crippen LogP) is 5.93. The van der Waals surface area contributed by atoms with Crippen LogP contribution in [0.25, 0.3) is 0 Å². The maximum absolute atomic E-state index is 14.6. The number of carbonyl (C=O) groups is 5. The number of nitrogens with one attached hydrogen (secondary N) is 2. The summed E-state index contributed by atoms with van der Waals surface area (Å²) in [5, 5.41) is 5.42. The average Bonchev–Trinajstić information content (AvgIpc) is 3.02. The summed E-state index contributed by atoms with van der Waals surface area (Å²) in [6, 6.07) is 12.9. The summed E-state index contributed by atoms with van der Waals surface area (Å²) in [6.45, 7) is 14.5. The Balaban J connectivity index is 2.66. The Morgan fingerprint density at radius 1 is 0.740 bits per heavy atom. The number of benzene rings is 2. The van der Waals surface area contributed by atoms with Crippen LogP contribution in [-0.2, 0) is 41.5 Å². The highest BCUT2D eigenvalue weighted by Crippen LogP contribution is 2.26. The Kier molecular flexibility index (Phi) is 16.4. The molecule has 0 spiro atoms. The van der Waals surface area contributed by atoms with Gasteiger partial charge in [0.1, 0.15) is 29.3 Å². The van der Waals surface area contributed by atoms with Crippen molar-refractivity contribution in [1.29, 1.82) is 0 Å². The van der Waals surface area contributed by atoms with Gasteiger partial charge in [0.25, 0.3) is 0 Å². The molecule has 0 aliphatic heterocycles. The van der Waals surface area contributed by atoms with E-state index in [1.807, 2.05) is 49.4 Å². The van der Waals surface area contributed by atoms with Gasteiger partial charge in [0.05, 0.1) is 6.42 Å². The molecular formula is C39H58N4O7. The maximum Gasteiger partial charge on any atom is 0.408 e. The molecule has 11 heteroatoms. The van der Waals surface area contributed by atoms with Gasteiger partial charge in [0.2, 0.25) is 17.7 Å². The van der Waals surface area contributed by atoms with E-state index in [0.717, 1.165) is 43.2 Å². The Bertz CT molecular complexity index is 1400. The summed E-state index contributed by atoms with van der Waals surface area (Å²) in [7, 11) is 0. The number of nitrogens with two attached hydrogens (primary N) is 1.